The van der Waals surface area contributed by atoms with Crippen LogP contribution in [0.1, 0.15) is 271 Å². The highest BCUT2D eigenvalue weighted by Gasteiger charge is 2.27. The van der Waals surface area contributed by atoms with E-state index in [-0.39, 0.29) is 19.1 Å². The van der Waals surface area contributed by atoms with Crippen molar-refractivity contribution >= 4 is 13.7 Å². The maximum absolute atomic E-state index is 13.0. The average Bonchev–Trinajstić information content (AvgIpc) is 3.38. The SMILES string of the molecule is CC/C=C\C/C=C\C/C=C\C/C=C\C/C=C\C/C=C\C/C=C\CCCCCCCC(=O)NC(COP(=O)(O)OCC[N+](C)(C)C)C(O)/C=C/CCCCCCCCCCCCCCCCCCCCCCCCCCC. The number of aliphatic hydroxyl groups excluding tert-OH is 1. The summed E-state index contributed by atoms with van der Waals surface area (Å²) in [6.07, 6.45) is 82.4. The lowest BCUT2D eigenvalue weighted by Gasteiger charge is -2.25. The maximum Gasteiger partial charge on any atom is 0.472 e. The quantitative estimate of drug-likeness (QED) is 0.0243. The zero-order chi connectivity index (χ0) is 55.6. The molecule has 3 atom stereocenters. The average molecular weight is 1080 g/mol. The molecule has 440 valence electrons. The first-order valence-corrected chi connectivity index (χ1v) is 33.1. The van der Waals surface area contributed by atoms with E-state index in [1.807, 2.05) is 27.2 Å². The largest absolute Gasteiger partial charge is 0.472 e. The van der Waals surface area contributed by atoms with Gasteiger partial charge in [-0.3, -0.25) is 13.8 Å². The van der Waals surface area contributed by atoms with E-state index in [1.165, 1.54) is 148 Å². The van der Waals surface area contributed by atoms with E-state index in [4.69, 9.17) is 9.05 Å². The van der Waals surface area contributed by atoms with Crippen LogP contribution in [0.3, 0.4) is 0 Å². The number of aliphatic hydroxyl groups is 1. The van der Waals surface area contributed by atoms with Crippen molar-refractivity contribution in [3.63, 3.8) is 0 Å². The Morgan fingerprint density at radius 3 is 1.16 bits per heavy atom. The lowest BCUT2D eigenvalue weighted by atomic mass is 10.0. The Bertz CT molecular complexity index is 1560. The number of nitrogens with zero attached hydrogens (tertiary/aromatic N) is 1. The molecule has 1 amide bonds. The molecule has 0 bridgehead atoms. The number of unbranched alkanes of at least 4 members (excludes halogenated alkanes) is 30. The molecule has 3 N–H and O–H groups in total. The van der Waals surface area contributed by atoms with Gasteiger partial charge in [-0.25, -0.2) is 4.57 Å². The topological polar surface area (TPSA) is 105 Å². The van der Waals surface area contributed by atoms with Crippen LogP contribution in [-0.2, 0) is 18.4 Å². The van der Waals surface area contributed by atoms with Crippen LogP contribution in [0.2, 0.25) is 0 Å². The summed E-state index contributed by atoms with van der Waals surface area (Å²) in [5.41, 5.74) is 0. The molecule has 0 radical (unpaired) electrons. The fraction of sp³-hybridized carbons (Fsp3) is 0.746. The number of hydrogen-bond donors (Lipinski definition) is 3. The summed E-state index contributed by atoms with van der Waals surface area (Å²) in [4.78, 5) is 23.4. The fourth-order valence-corrected chi connectivity index (χ4v) is 9.64. The minimum absolute atomic E-state index is 0.0526. The summed E-state index contributed by atoms with van der Waals surface area (Å²) in [6.45, 7) is 4.70. The van der Waals surface area contributed by atoms with Crippen molar-refractivity contribution in [1.29, 1.82) is 0 Å². The van der Waals surface area contributed by atoms with Crippen LogP contribution in [-0.4, -0.2) is 73.4 Å². The zero-order valence-corrected chi connectivity index (χ0v) is 51.1. The highest BCUT2D eigenvalue weighted by atomic mass is 31.2. The van der Waals surface area contributed by atoms with E-state index in [2.05, 4.69) is 104 Å². The number of phosphoric acid groups is 1. The highest BCUT2D eigenvalue weighted by molar-refractivity contribution is 7.47. The van der Waals surface area contributed by atoms with Crippen molar-refractivity contribution in [2.45, 2.75) is 283 Å². The number of phosphoric ester groups is 1. The smallest absolute Gasteiger partial charge is 0.387 e. The van der Waals surface area contributed by atoms with Crippen LogP contribution < -0.4 is 5.32 Å². The number of quaternary nitrogens is 1. The van der Waals surface area contributed by atoms with Crippen molar-refractivity contribution < 1.29 is 32.9 Å². The van der Waals surface area contributed by atoms with Gasteiger partial charge < -0.3 is 19.8 Å². The first kappa shape index (κ1) is 73.4. The summed E-state index contributed by atoms with van der Waals surface area (Å²) in [7, 11) is 1.55. The Balaban J connectivity index is 4.23. The third-order valence-corrected chi connectivity index (χ3v) is 14.8. The van der Waals surface area contributed by atoms with E-state index in [0.29, 0.717) is 17.4 Å². The molecule has 0 spiro atoms. The number of carbonyl (C=O) groups is 1. The van der Waals surface area contributed by atoms with E-state index < -0.39 is 20.0 Å². The molecule has 76 heavy (non-hydrogen) atoms. The summed E-state index contributed by atoms with van der Waals surface area (Å²) < 4.78 is 23.8. The predicted molar refractivity (Wildman–Crippen MR) is 332 cm³/mol. The molecule has 0 rings (SSSR count). The van der Waals surface area contributed by atoms with E-state index in [1.54, 1.807) is 6.08 Å². The summed E-state index contributed by atoms with van der Waals surface area (Å²) in [5.74, 6) is -0.197. The van der Waals surface area contributed by atoms with Gasteiger partial charge in [0.1, 0.15) is 13.2 Å². The number of likely N-dealkylation sites (N-methyl/N-ethyl adjacent to an activating group) is 1. The van der Waals surface area contributed by atoms with Crippen molar-refractivity contribution in [3.05, 3.63) is 97.2 Å². The van der Waals surface area contributed by atoms with Gasteiger partial charge in [0.15, 0.2) is 0 Å². The molecule has 0 saturated heterocycles. The molecule has 0 aromatic carbocycles. The van der Waals surface area contributed by atoms with Gasteiger partial charge in [-0.15, -0.1) is 0 Å². The van der Waals surface area contributed by atoms with Gasteiger partial charge in [-0.1, -0.05) is 284 Å². The van der Waals surface area contributed by atoms with Gasteiger partial charge in [0.05, 0.1) is 39.9 Å². The molecule has 0 saturated carbocycles. The van der Waals surface area contributed by atoms with Gasteiger partial charge in [0, 0.05) is 6.42 Å². The van der Waals surface area contributed by atoms with Gasteiger partial charge in [0.2, 0.25) is 5.91 Å². The summed E-state index contributed by atoms with van der Waals surface area (Å²) in [6, 6.07) is -0.866. The van der Waals surface area contributed by atoms with Gasteiger partial charge in [-0.2, -0.15) is 0 Å². The molecule has 8 nitrogen and oxygen atoms in total. The normalized spacial score (nSPS) is 14.5. The first-order valence-electron chi connectivity index (χ1n) is 31.6. The zero-order valence-electron chi connectivity index (χ0n) is 50.2. The van der Waals surface area contributed by atoms with Gasteiger partial charge in [-0.05, 0) is 77.0 Å². The molecule has 0 aliphatic rings. The Labute approximate surface area is 470 Å². The first-order chi connectivity index (χ1) is 37.0. The second kappa shape index (κ2) is 57.1. The lowest BCUT2D eigenvalue weighted by molar-refractivity contribution is -0.870. The van der Waals surface area contributed by atoms with Crippen LogP contribution in [0, 0.1) is 0 Å². The van der Waals surface area contributed by atoms with Crippen molar-refractivity contribution in [2.24, 2.45) is 0 Å². The van der Waals surface area contributed by atoms with E-state index >= 15 is 0 Å². The minimum atomic E-state index is -4.36. The van der Waals surface area contributed by atoms with E-state index in [0.717, 1.165) is 103 Å². The van der Waals surface area contributed by atoms with Crippen molar-refractivity contribution in [3.8, 4) is 0 Å². The third-order valence-electron chi connectivity index (χ3n) is 13.8. The summed E-state index contributed by atoms with van der Waals surface area (Å²) >= 11 is 0. The Hall–Kier alpha value is -2.58. The number of carbonyl (C=O) groups excluding carboxylic acids is 1. The molecular weight excluding hydrogens is 960 g/mol. The van der Waals surface area contributed by atoms with Crippen LogP contribution >= 0.6 is 7.82 Å². The Morgan fingerprint density at radius 2 is 0.789 bits per heavy atom. The molecule has 9 heteroatoms. The number of hydrogen-bond acceptors (Lipinski definition) is 5. The number of nitrogens with one attached hydrogen (secondary N) is 1. The molecule has 3 unspecified atom stereocenters. The predicted octanol–water partition coefficient (Wildman–Crippen LogP) is 19.8. The minimum Gasteiger partial charge on any atom is -0.387 e. The summed E-state index contributed by atoms with van der Waals surface area (Å²) in [5, 5.41) is 14.0. The second-order valence-electron chi connectivity index (χ2n) is 22.4. The second-order valence-corrected chi connectivity index (χ2v) is 23.9. The number of allylic oxidation sites excluding steroid dienone is 15. The van der Waals surface area contributed by atoms with E-state index in [9.17, 15) is 19.4 Å². The standard InChI is InChI=1S/C67H121N2O6P/c1-6-8-10-12-14-16-18-20-22-24-26-28-30-32-34-36-38-40-42-44-46-48-50-52-54-56-58-60-66(70)65(64-75-76(72,73)74-63-62-69(3,4)5)68-67(71)61-59-57-55-53-51-49-47-45-43-41-39-37-35-33-31-29-27-25-23-21-19-17-15-13-11-9-7-2/h9,11,15,17,21,23,27,29,33,35,39,41,45,47,58,60,65-66,70H,6-8,10,12-14,16,18-20,22,24-26,28,30-32,34,36-38,40,42-44,46,48-57,59,61-64H2,1-5H3,(H-,68,71,72,73)/p+1/b11-9-,17-15-,23-21-,29-27-,35-33-,41-39-,47-45-,60-58+. The Kier molecular flexibility index (Phi) is 55.2. The number of amides is 1. The third kappa shape index (κ3) is 59.1. The van der Waals surface area contributed by atoms with Crippen molar-refractivity contribution in [2.75, 3.05) is 40.9 Å². The molecule has 0 heterocycles. The Morgan fingerprint density at radius 1 is 0.461 bits per heavy atom. The highest BCUT2D eigenvalue weighted by Crippen LogP contribution is 2.43. The van der Waals surface area contributed by atoms with Crippen molar-refractivity contribution in [1.82, 2.24) is 5.32 Å². The lowest BCUT2D eigenvalue weighted by Crippen LogP contribution is -2.45. The molecular formula is C67H122N2O6P+. The number of rotatable bonds is 57. The van der Waals surface area contributed by atoms with Crippen LogP contribution in [0.25, 0.3) is 0 Å². The molecule has 0 aliphatic heterocycles. The molecule has 0 aromatic heterocycles. The fourth-order valence-electron chi connectivity index (χ4n) is 8.91. The van der Waals surface area contributed by atoms with Crippen LogP contribution in [0.5, 0.6) is 0 Å². The maximum atomic E-state index is 13.0. The van der Waals surface area contributed by atoms with Crippen LogP contribution in [0.4, 0.5) is 0 Å². The molecule has 0 aromatic rings. The molecule has 0 aliphatic carbocycles. The molecule has 0 fully saturated rings. The monoisotopic (exact) mass is 1080 g/mol. The van der Waals surface area contributed by atoms with Crippen LogP contribution in [0.15, 0.2) is 97.2 Å². The van der Waals surface area contributed by atoms with Gasteiger partial charge in [0.25, 0.3) is 0 Å². The van der Waals surface area contributed by atoms with Gasteiger partial charge >= 0.3 is 7.82 Å².